The Labute approximate surface area is 79.0 Å². The predicted molar refractivity (Wildman–Crippen MR) is 44.7 cm³/mol. The summed E-state index contributed by atoms with van der Waals surface area (Å²) in [4.78, 5) is 13.0. The van der Waals surface area contributed by atoms with Crippen molar-refractivity contribution in [3.8, 4) is 5.75 Å². The van der Waals surface area contributed by atoms with E-state index in [1.165, 1.54) is 13.2 Å². The van der Waals surface area contributed by atoms with E-state index in [9.17, 15) is 13.6 Å². The van der Waals surface area contributed by atoms with Crippen molar-refractivity contribution in [1.82, 2.24) is 0 Å². The Kier molecular flexibility index (Phi) is 3.31. The number of rotatable bonds is 3. The third kappa shape index (κ3) is 1.95. The van der Waals surface area contributed by atoms with E-state index in [-0.39, 0.29) is 17.9 Å². The van der Waals surface area contributed by atoms with E-state index in [1.807, 2.05) is 0 Å². The highest BCUT2D eigenvalue weighted by Crippen LogP contribution is 2.25. The zero-order valence-electron chi connectivity index (χ0n) is 7.38. The molecule has 0 saturated carbocycles. The maximum atomic E-state index is 13.1. The topological polar surface area (TPSA) is 38.7 Å². The van der Waals surface area contributed by atoms with Crippen molar-refractivity contribution in [2.24, 2.45) is 4.99 Å². The molecule has 14 heavy (non-hydrogen) atoms. The van der Waals surface area contributed by atoms with Gasteiger partial charge in [-0.25, -0.2) is 18.6 Å². The molecule has 0 spiro atoms. The van der Waals surface area contributed by atoms with Gasteiger partial charge in [-0.05, 0) is 12.1 Å². The summed E-state index contributed by atoms with van der Waals surface area (Å²) in [5.74, 6) is -1.59. The molecule has 74 valence electrons. The van der Waals surface area contributed by atoms with Crippen molar-refractivity contribution >= 4 is 6.08 Å². The number of carbonyl (C=O) groups excluding carboxylic acids is 1. The van der Waals surface area contributed by atoms with Gasteiger partial charge in [-0.15, -0.1) is 0 Å². The molecule has 0 bridgehead atoms. The van der Waals surface area contributed by atoms with Gasteiger partial charge in [0.05, 0.1) is 19.2 Å². The smallest absolute Gasteiger partial charge is 0.235 e. The molecule has 0 amide bonds. The van der Waals surface area contributed by atoms with Crippen molar-refractivity contribution in [2.45, 2.75) is 6.54 Å². The van der Waals surface area contributed by atoms with Crippen LogP contribution >= 0.6 is 0 Å². The zero-order valence-corrected chi connectivity index (χ0v) is 7.38. The predicted octanol–water partition coefficient (Wildman–Crippen LogP) is 1.81. The van der Waals surface area contributed by atoms with Crippen LogP contribution in [-0.2, 0) is 11.3 Å². The van der Waals surface area contributed by atoms with Gasteiger partial charge in [0.2, 0.25) is 6.08 Å². The quantitative estimate of drug-likeness (QED) is 0.550. The summed E-state index contributed by atoms with van der Waals surface area (Å²) in [5.41, 5.74) is -0.0872. The summed E-state index contributed by atoms with van der Waals surface area (Å²) in [5, 5.41) is 0. The van der Waals surface area contributed by atoms with E-state index in [1.54, 1.807) is 0 Å². The Morgan fingerprint density at radius 3 is 2.64 bits per heavy atom. The number of isocyanates is 1. The fraction of sp³-hybridized carbons (Fsp3) is 0.222. The molecular formula is C9H7F2NO2. The maximum Gasteiger partial charge on any atom is 0.235 e. The van der Waals surface area contributed by atoms with E-state index >= 15 is 0 Å². The fourth-order valence-electron chi connectivity index (χ4n) is 1.05. The van der Waals surface area contributed by atoms with Crippen LogP contribution in [0, 0.1) is 11.6 Å². The summed E-state index contributed by atoms with van der Waals surface area (Å²) in [6.45, 7) is -0.281. The van der Waals surface area contributed by atoms with Crippen LogP contribution in [0.4, 0.5) is 8.78 Å². The minimum absolute atomic E-state index is 0.0872. The van der Waals surface area contributed by atoms with Gasteiger partial charge >= 0.3 is 0 Å². The number of hydrogen-bond donors (Lipinski definition) is 0. The monoisotopic (exact) mass is 199 g/mol. The molecule has 5 heteroatoms. The molecule has 0 atom stereocenters. The van der Waals surface area contributed by atoms with E-state index < -0.39 is 11.6 Å². The maximum absolute atomic E-state index is 13.1. The summed E-state index contributed by atoms with van der Waals surface area (Å²) >= 11 is 0. The Morgan fingerprint density at radius 1 is 1.43 bits per heavy atom. The van der Waals surface area contributed by atoms with Gasteiger partial charge in [0.15, 0.2) is 11.6 Å². The minimum atomic E-state index is -0.690. The molecule has 0 heterocycles. The molecular weight excluding hydrogens is 192 g/mol. The molecule has 0 radical (unpaired) electrons. The third-order valence-electron chi connectivity index (χ3n) is 1.66. The molecule has 1 aromatic carbocycles. The second-order valence-electron chi connectivity index (χ2n) is 2.45. The largest absolute Gasteiger partial charge is 0.493 e. The van der Waals surface area contributed by atoms with Gasteiger partial charge in [-0.3, -0.25) is 0 Å². The van der Waals surface area contributed by atoms with E-state index in [2.05, 4.69) is 9.73 Å². The number of aliphatic imine (C=N–C) groups is 1. The number of ether oxygens (including phenoxy) is 1. The van der Waals surface area contributed by atoms with Gasteiger partial charge in [-0.2, -0.15) is 0 Å². The minimum Gasteiger partial charge on any atom is -0.493 e. The van der Waals surface area contributed by atoms with Crippen molar-refractivity contribution < 1.29 is 18.3 Å². The average molecular weight is 199 g/mol. The first-order chi connectivity index (χ1) is 6.70. The molecule has 0 fully saturated rings. The van der Waals surface area contributed by atoms with Gasteiger partial charge in [-0.1, -0.05) is 0 Å². The first-order valence-corrected chi connectivity index (χ1v) is 3.75. The molecule has 0 aromatic heterocycles. The first-order valence-electron chi connectivity index (χ1n) is 3.75. The molecule has 1 rings (SSSR count). The number of hydrogen-bond acceptors (Lipinski definition) is 3. The Morgan fingerprint density at radius 2 is 2.07 bits per heavy atom. The summed E-state index contributed by atoms with van der Waals surface area (Å²) in [6, 6.07) is 1.90. The van der Waals surface area contributed by atoms with Crippen molar-refractivity contribution in [3.63, 3.8) is 0 Å². The van der Waals surface area contributed by atoms with Crippen LogP contribution in [0.25, 0.3) is 0 Å². The normalized spacial score (nSPS) is 9.36. The van der Waals surface area contributed by atoms with Crippen molar-refractivity contribution in [1.29, 1.82) is 0 Å². The summed E-state index contributed by atoms with van der Waals surface area (Å²) < 4.78 is 30.8. The Hall–Kier alpha value is -1.74. The first kappa shape index (κ1) is 10.3. The SMILES string of the molecule is COc1c(F)ccc(F)c1CN=C=O. The highest BCUT2D eigenvalue weighted by molar-refractivity contribution is 5.39. The molecule has 0 aliphatic carbocycles. The van der Waals surface area contributed by atoms with E-state index in [4.69, 9.17) is 0 Å². The lowest BCUT2D eigenvalue weighted by Crippen LogP contribution is -1.98. The zero-order chi connectivity index (χ0) is 10.6. The summed E-state index contributed by atoms with van der Waals surface area (Å²) in [7, 11) is 1.21. The molecule has 0 aliphatic rings. The number of methoxy groups -OCH3 is 1. The van der Waals surface area contributed by atoms with Crippen LogP contribution in [0.3, 0.4) is 0 Å². The fourth-order valence-corrected chi connectivity index (χ4v) is 1.05. The van der Waals surface area contributed by atoms with Gasteiger partial charge < -0.3 is 4.74 Å². The Balaban J connectivity index is 3.21. The highest BCUT2D eigenvalue weighted by Gasteiger charge is 2.13. The van der Waals surface area contributed by atoms with Crippen LogP contribution in [0.2, 0.25) is 0 Å². The van der Waals surface area contributed by atoms with Crippen LogP contribution in [0.5, 0.6) is 5.75 Å². The number of nitrogens with zero attached hydrogens (tertiary/aromatic N) is 1. The Bertz CT molecular complexity index is 387. The second kappa shape index (κ2) is 4.48. The van der Waals surface area contributed by atoms with E-state index in [0.29, 0.717) is 0 Å². The lowest BCUT2D eigenvalue weighted by atomic mass is 10.2. The van der Waals surface area contributed by atoms with Crippen molar-refractivity contribution in [2.75, 3.05) is 7.11 Å². The lowest BCUT2D eigenvalue weighted by molar-refractivity contribution is 0.376. The van der Waals surface area contributed by atoms with E-state index in [0.717, 1.165) is 12.1 Å². The van der Waals surface area contributed by atoms with Crippen molar-refractivity contribution in [3.05, 3.63) is 29.3 Å². The molecule has 0 N–H and O–H groups in total. The van der Waals surface area contributed by atoms with Gasteiger partial charge in [0.25, 0.3) is 0 Å². The van der Waals surface area contributed by atoms with Gasteiger partial charge in [0, 0.05) is 0 Å². The van der Waals surface area contributed by atoms with Gasteiger partial charge in [0.1, 0.15) is 5.82 Å². The number of benzene rings is 1. The standard InChI is InChI=1S/C9H7F2NO2/c1-14-9-6(4-12-5-13)7(10)2-3-8(9)11/h2-3H,4H2,1H3. The third-order valence-corrected chi connectivity index (χ3v) is 1.66. The molecule has 0 saturated heterocycles. The summed E-state index contributed by atoms with van der Waals surface area (Å²) in [6.07, 6.45) is 1.24. The number of halogens is 2. The molecule has 0 unspecified atom stereocenters. The van der Waals surface area contributed by atoms with Crippen LogP contribution in [-0.4, -0.2) is 13.2 Å². The highest BCUT2D eigenvalue weighted by atomic mass is 19.1. The average Bonchev–Trinajstić information content (AvgIpc) is 2.19. The lowest BCUT2D eigenvalue weighted by Gasteiger charge is -2.07. The molecule has 3 nitrogen and oxygen atoms in total. The van der Waals surface area contributed by atoms with Crippen LogP contribution < -0.4 is 4.74 Å². The molecule has 0 aliphatic heterocycles. The van der Waals surface area contributed by atoms with Crippen LogP contribution in [0.1, 0.15) is 5.56 Å². The molecule has 1 aromatic rings. The van der Waals surface area contributed by atoms with Crippen LogP contribution in [0.15, 0.2) is 17.1 Å². The second-order valence-corrected chi connectivity index (χ2v) is 2.45.